The van der Waals surface area contributed by atoms with Crippen molar-refractivity contribution in [2.24, 2.45) is 5.92 Å². The maximum atomic E-state index is 12.9. The van der Waals surface area contributed by atoms with Crippen molar-refractivity contribution in [1.29, 1.82) is 0 Å². The summed E-state index contributed by atoms with van der Waals surface area (Å²) in [5.74, 6) is 1.02. The molecule has 31 heavy (non-hydrogen) atoms. The van der Waals surface area contributed by atoms with Crippen LogP contribution >= 0.6 is 11.6 Å². The molecular weight excluding hydrogens is 416 g/mol. The van der Waals surface area contributed by atoms with E-state index in [9.17, 15) is 9.59 Å². The van der Waals surface area contributed by atoms with E-state index >= 15 is 0 Å². The highest BCUT2D eigenvalue weighted by Crippen LogP contribution is 2.28. The van der Waals surface area contributed by atoms with Crippen LogP contribution in [0, 0.1) is 5.92 Å². The third-order valence-electron chi connectivity index (χ3n) is 6.13. The quantitative estimate of drug-likeness (QED) is 0.753. The molecule has 0 radical (unpaired) electrons. The Morgan fingerprint density at radius 2 is 1.84 bits per heavy atom. The van der Waals surface area contributed by atoms with Crippen LogP contribution in [0.2, 0.25) is 5.02 Å². The summed E-state index contributed by atoms with van der Waals surface area (Å²) >= 11 is 6.11. The lowest BCUT2D eigenvalue weighted by Gasteiger charge is -2.37. The Kier molecular flexibility index (Phi) is 6.77. The van der Waals surface area contributed by atoms with Crippen molar-refractivity contribution in [3.05, 3.63) is 41.6 Å². The average Bonchev–Trinajstić information content (AvgIpc) is 3.23. The lowest BCUT2D eigenvalue weighted by Crippen LogP contribution is -2.46. The Bertz CT molecular complexity index is 924. The highest BCUT2D eigenvalue weighted by atomic mass is 35.5. The minimum absolute atomic E-state index is 0.116. The minimum atomic E-state index is -0.371. The molecule has 8 nitrogen and oxygen atoms in total. The Morgan fingerprint density at radius 3 is 2.58 bits per heavy atom. The molecule has 4 rings (SSSR count). The van der Waals surface area contributed by atoms with Crippen LogP contribution in [-0.2, 0) is 4.79 Å². The third-order valence-corrected chi connectivity index (χ3v) is 6.46. The van der Waals surface area contributed by atoms with Crippen LogP contribution in [0.4, 0.5) is 16.3 Å². The van der Waals surface area contributed by atoms with E-state index in [2.05, 4.69) is 27.7 Å². The second-order valence-corrected chi connectivity index (χ2v) is 8.79. The van der Waals surface area contributed by atoms with Gasteiger partial charge in [0.15, 0.2) is 0 Å². The van der Waals surface area contributed by atoms with Gasteiger partial charge in [-0.25, -0.2) is 9.48 Å². The van der Waals surface area contributed by atoms with Gasteiger partial charge in [0.1, 0.15) is 5.82 Å². The van der Waals surface area contributed by atoms with E-state index in [-0.39, 0.29) is 23.9 Å². The maximum Gasteiger partial charge on any atom is 0.324 e. The summed E-state index contributed by atoms with van der Waals surface area (Å²) < 4.78 is 1.85. The zero-order chi connectivity index (χ0) is 21.8. The van der Waals surface area contributed by atoms with Crippen molar-refractivity contribution in [3.8, 4) is 0 Å². The predicted molar refractivity (Wildman–Crippen MR) is 121 cm³/mol. The van der Waals surface area contributed by atoms with Gasteiger partial charge in [-0.05, 0) is 51.4 Å². The van der Waals surface area contributed by atoms with Crippen molar-refractivity contribution in [2.45, 2.75) is 31.7 Å². The lowest BCUT2D eigenvalue weighted by molar-refractivity contribution is -0.138. The van der Waals surface area contributed by atoms with Gasteiger partial charge >= 0.3 is 6.03 Å². The number of urea groups is 1. The molecule has 2 aliphatic rings. The molecule has 1 aromatic heterocycles. The van der Waals surface area contributed by atoms with Gasteiger partial charge in [-0.2, -0.15) is 5.10 Å². The fourth-order valence-corrected chi connectivity index (χ4v) is 4.68. The van der Waals surface area contributed by atoms with Gasteiger partial charge in [0, 0.05) is 25.7 Å². The van der Waals surface area contributed by atoms with Crippen molar-refractivity contribution in [1.82, 2.24) is 19.6 Å². The molecule has 0 bridgehead atoms. The molecule has 2 aromatic rings. The number of hydrogen-bond donors (Lipinski definition) is 2. The number of nitrogens with one attached hydrogen (secondary N) is 2. The maximum absolute atomic E-state index is 12.9. The third kappa shape index (κ3) is 5.19. The number of halogens is 1. The Labute approximate surface area is 187 Å². The summed E-state index contributed by atoms with van der Waals surface area (Å²) in [5, 5.41) is 10.5. The van der Waals surface area contributed by atoms with E-state index < -0.39 is 0 Å². The number of nitrogens with zero attached hydrogens (tertiary/aromatic N) is 4. The van der Waals surface area contributed by atoms with Crippen LogP contribution in [0.3, 0.4) is 0 Å². The van der Waals surface area contributed by atoms with Crippen molar-refractivity contribution in [3.63, 3.8) is 0 Å². The average molecular weight is 445 g/mol. The van der Waals surface area contributed by atoms with Crippen LogP contribution in [0.15, 0.2) is 36.5 Å². The lowest BCUT2D eigenvalue weighted by atomic mass is 9.95. The van der Waals surface area contributed by atoms with Crippen LogP contribution in [0.5, 0.6) is 0 Å². The Hall–Kier alpha value is -2.58. The van der Waals surface area contributed by atoms with Crippen molar-refractivity contribution < 1.29 is 9.59 Å². The Balaban J connectivity index is 1.33. The minimum Gasteiger partial charge on any atom is -0.342 e. The molecule has 0 saturated carbocycles. The molecule has 0 spiro atoms. The largest absolute Gasteiger partial charge is 0.342 e. The molecule has 0 aliphatic carbocycles. The van der Waals surface area contributed by atoms with Crippen molar-refractivity contribution >= 4 is 35.0 Å². The second kappa shape index (κ2) is 9.70. The molecule has 2 aliphatic heterocycles. The number of carbonyl (C=O) groups is 2. The fourth-order valence-electron chi connectivity index (χ4n) is 4.49. The molecule has 2 N–H and O–H groups in total. The smallest absolute Gasteiger partial charge is 0.324 e. The first-order chi connectivity index (χ1) is 15.0. The molecule has 166 valence electrons. The number of likely N-dealkylation sites (tertiary alicyclic amines) is 2. The summed E-state index contributed by atoms with van der Waals surface area (Å²) in [6, 6.07) is 8.64. The number of amides is 3. The number of anilines is 2. The second-order valence-electron chi connectivity index (χ2n) is 8.38. The standard InChI is InChI=1S/C22H29ClN6O2/c1-27-12-4-5-16(15-27)21(30)28-13-9-17(10-14-28)29-20(8-11-24-29)26-22(31)25-19-7-3-2-6-18(19)23/h2-3,6-8,11,16-17H,4-5,9-10,12-15H2,1H3,(H2,25,26,31)/t16-/m1/s1. The molecule has 9 heteroatoms. The first-order valence-electron chi connectivity index (χ1n) is 10.8. The molecule has 3 heterocycles. The number of hydrogen-bond acceptors (Lipinski definition) is 4. The highest BCUT2D eigenvalue weighted by molar-refractivity contribution is 6.33. The van der Waals surface area contributed by atoms with Gasteiger partial charge in [-0.1, -0.05) is 23.7 Å². The first-order valence-corrected chi connectivity index (χ1v) is 11.2. The van der Waals surface area contributed by atoms with Gasteiger partial charge in [0.05, 0.1) is 28.9 Å². The topological polar surface area (TPSA) is 82.5 Å². The van der Waals surface area contributed by atoms with Gasteiger partial charge in [0.2, 0.25) is 5.91 Å². The van der Waals surface area contributed by atoms with Gasteiger partial charge in [-0.15, -0.1) is 0 Å². The molecule has 1 atom stereocenters. The van der Waals surface area contributed by atoms with Crippen LogP contribution in [-0.4, -0.2) is 64.7 Å². The first kappa shape index (κ1) is 21.6. The van der Waals surface area contributed by atoms with Crippen LogP contribution in [0.25, 0.3) is 0 Å². The highest BCUT2D eigenvalue weighted by Gasteiger charge is 2.31. The molecule has 2 saturated heterocycles. The monoisotopic (exact) mass is 444 g/mol. The predicted octanol–water partition coefficient (Wildman–Crippen LogP) is 3.69. The molecule has 1 aromatic carbocycles. The fraction of sp³-hybridized carbons (Fsp3) is 0.500. The summed E-state index contributed by atoms with van der Waals surface area (Å²) in [6.45, 7) is 3.36. The zero-order valence-corrected chi connectivity index (χ0v) is 18.5. The molecule has 3 amide bonds. The van der Waals surface area contributed by atoms with Gasteiger partial charge < -0.3 is 15.1 Å². The van der Waals surface area contributed by atoms with Crippen LogP contribution < -0.4 is 10.6 Å². The van der Waals surface area contributed by atoms with Crippen LogP contribution in [0.1, 0.15) is 31.7 Å². The Morgan fingerprint density at radius 1 is 1.06 bits per heavy atom. The summed E-state index contributed by atoms with van der Waals surface area (Å²) in [6.07, 6.45) is 5.38. The van der Waals surface area contributed by atoms with E-state index in [1.165, 1.54) is 0 Å². The normalized spacial score (nSPS) is 20.5. The summed E-state index contributed by atoms with van der Waals surface area (Å²) in [4.78, 5) is 29.6. The van der Waals surface area contributed by atoms with Gasteiger partial charge in [-0.3, -0.25) is 10.1 Å². The summed E-state index contributed by atoms with van der Waals surface area (Å²) in [5.41, 5.74) is 0.549. The summed E-state index contributed by atoms with van der Waals surface area (Å²) in [7, 11) is 2.08. The van der Waals surface area contributed by atoms with E-state index in [1.54, 1.807) is 24.4 Å². The van der Waals surface area contributed by atoms with E-state index in [0.29, 0.717) is 16.5 Å². The number of para-hydroxylation sites is 1. The van der Waals surface area contributed by atoms with E-state index in [4.69, 9.17) is 11.6 Å². The van der Waals surface area contributed by atoms with Gasteiger partial charge in [0.25, 0.3) is 0 Å². The van der Waals surface area contributed by atoms with Crippen molar-refractivity contribution in [2.75, 3.05) is 43.9 Å². The van der Waals surface area contributed by atoms with E-state index in [1.807, 2.05) is 21.7 Å². The number of piperidine rings is 2. The number of rotatable bonds is 4. The number of benzene rings is 1. The molecule has 0 unspecified atom stereocenters. The van der Waals surface area contributed by atoms with E-state index in [0.717, 1.165) is 51.9 Å². The number of carbonyl (C=O) groups excluding carboxylic acids is 2. The SMILES string of the molecule is CN1CCC[C@@H](C(=O)N2CCC(n3nccc3NC(=O)Nc3ccccc3Cl)CC2)C1. The zero-order valence-electron chi connectivity index (χ0n) is 17.8. The number of aromatic nitrogens is 2. The molecule has 2 fully saturated rings. The molecular formula is C22H29ClN6O2.